The van der Waals surface area contributed by atoms with Crippen LogP contribution < -0.4 is 4.72 Å². The van der Waals surface area contributed by atoms with E-state index in [0.29, 0.717) is 26.3 Å². The van der Waals surface area contributed by atoms with Crippen LogP contribution in [0, 0.1) is 0 Å². The summed E-state index contributed by atoms with van der Waals surface area (Å²) in [5.41, 5.74) is -0.372. The number of esters is 1. The molecule has 8 nitrogen and oxygen atoms in total. The Morgan fingerprint density at radius 2 is 1.88 bits per heavy atom. The van der Waals surface area contributed by atoms with Gasteiger partial charge >= 0.3 is 5.97 Å². The Hall–Kier alpha value is -2.39. The first-order valence-electron chi connectivity index (χ1n) is 7.77. The molecule has 1 amide bonds. The molecule has 1 saturated heterocycles. The maximum absolute atomic E-state index is 12.4. The van der Waals surface area contributed by atoms with Gasteiger partial charge in [0.15, 0.2) is 0 Å². The summed E-state index contributed by atoms with van der Waals surface area (Å²) in [6.07, 6.45) is 1.32. The van der Waals surface area contributed by atoms with Crippen molar-refractivity contribution in [3.05, 3.63) is 42.1 Å². The number of ether oxygens (including phenoxy) is 2. The number of benzene rings is 1. The first-order valence-corrected chi connectivity index (χ1v) is 9.25. The molecule has 1 aliphatic rings. The van der Waals surface area contributed by atoms with Crippen LogP contribution in [0.25, 0.3) is 0 Å². The zero-order chi connectivity index (χ0) is 18.3. The number of rotatable bonds is 6. The molecule has 1 heterocycles. The summed E-state index contributed by atoms with van der Waals surface area (Å²) in [7, 11) is -4.09. The minimum atomic E-state index is -4.09. The second kappa shape index (κ2) is 8.63. The average Bonchev–Trinajstić information content (AvgIpc) is 2.61. The van der Waals surface area contributed by atoms with E-state index >= 15 is 0 Å². The zero-order valence-electron chi connectivity index (χ0n) is 13.8. The van der Waals surface area contributed by atoms with Crippen LogP contribution in [-0.4, -0.2) is 58.1 Å². The van der Waals surface area contributed by atoms with Crippen molar-refractivity contribution in [1.29, 1.82) is 0 Å². The monoisotopic (exact) mass is 368 g/mol. The van der Waals surface area contributed by atoms with E-state index in [0.717, 1.165) is 0 Å². The third kappa shape index (κ3) is 5.30. The van der Waals surface area contributed by atoms with Crippen LogP contribution in [0.3, 0.4) is 0 Å². The van der Waals surface area contributed by atoms with Gasteiger partial charge in [0, 0.05) is 19.3 Å². The average molecular weight is 368 g/mol. The summed E-state index contributed by atoms with van der Waals surface area (Å²) in [5, 5.41) is 0. The molecule has 1 aromatic carbocycles. The maximum Gasteiger partial charge on any atom is 0.345 e. The van der Waals surface area contributed by atoms with Gasteiger partial charge in [-0.3, -0.25) is 4.79 Å². The van der Waals surface area contributed by atoms with E-state index in [9.17, 15) is 18.0 Å². The molecule has 1 aromatic rings. The molecule has 25 heavy (non-hydrogen) atoms. The smallest absolute Gasteiger partial charge is 0.345 e. The SMILES string of the molecule is CCOC(=O)/C(=C/N1CCOCC1)C(=O)NS(=O)(=O)c1ccccc1. The van der Waals surface area contributed by atoms with Gasteiger partial charge in [-0.15, -0.1) is 0 Å². The van der Waals surface area contributed by atoms with Gasteiger partial charge in [0.25, 0.3) is 15.9 Å². The lowest BCUT2D eigenvalue weighted by atomic mass is 10.2. The number of sulfonamides is 1. The molecule has 136 valence electrons. The number of nitrogens with one attached hydrogen (secondary N) is 1. The van der Waals surface area contributed by atoms with Crippen molar-refractivity contribution < 1.29 is 27.5 Å². The highest BCUT2D eigenvalue weighted by Crippen LogP contribution is 2.10. The molecule has 0 aromatic heterocycles. The van der Waals surface area contributed by atoms with Crippen molar-refractivity contribution >= 4 is 21.9 Å². The van der Waals surface area contributed by atoms with Gasteiger partial charge in [-0.25, -0.2) is 17.9 Å². The molecular weight excluding hydrogens is 348 g/mol. The van der Waals surface area contributed by atoms with Gasteiger partial charge in [-0.05, 0) is 19.1 Å². The van der Waals surface area contributed by atoms with E-state index in [1.807, 2.05) is 4.72 Å². The second-order valence-corrected chi connectivity index (χ2v) is 6.84. The zero-order valence-corrected chi connectivity index (χ0v) is 14.6. The van der Waals surface area contributed by atoms with E-state index in [4.69, 9.17) is 9.47 Å². The topological polar surface area (TPSA) is 102 Å². The minimum Gasteiger partial charge on any atom is -0.462 e. The van der Waals surface area contributed by atoms with E-state index < -0.39 is 21.9 Å². The Labute approximate surface area is 146 Å². The number of morpholine rings is 1. The number of hydrogen-bond acceptors (Lipinski definition) is 7. The minimum absolute atomic E-state index is 0.0675. The molecule has 0 atom stereocenters. The van der Waals surface area contributed by atoms with Gasteiger partial charge in [-0.1, -0.05) is 18.2 Å². The molecule has 2 rings (SSSR count). The number of nitrogens with zero attached hydrogens (tertiary/aromatic N) is 1. The second-order valence-electron chi connectivity index (χ2n) is 5.16. The summed E-state index contributed by atoms with van der Waals surface area (Å²) in [6, 6.07) is 7.43. The molecular formula is C16H20N2O6S. The number of carbonyl (C=O) groups excluding carboxylic acids is 2. The van der Waals surface area contributed by atoms with Crippen molar-refractivity contribution in [2.24, 2.45) is 0 Å². The highest BCUT2D eigenvalue weighted by Gasteiger charge is 2.26. The molecule has 0 radical (unpaired) electrons. The van der Waals surface area contributed by atoms with Crippen LogP contribution in [0.1, 0.15) is 6.92 Å². The quantitative estimate of drug-likeness (QED) is 0.333. The third-order valence-electron chi connectivity index (χ3n) is 3.38. The van der Waals surface area contributed by atoms with Crippen molar-refractivity contribution in [2.45, 2.75) is 11.8 Å². The lowest BCUT2D eigenvalue weighted by molar-refractivity contribution is -0.140. The van der Waals surface area contributed by atoms with Crippen molar-refractivity contribution in [3.8, 4) is 0 Å². The Bertz CT molecular complexity index is 739. The molecule has 9 heteroatoms. The largest absolute Gasteiger partial charge is 0.462 e. The van der Waals surface area contributed by atoms with Gasteiger partial charge in [-0.2, -0.15) is 0 Å². The summed E-state index contributed by atoms with van der Waals surface area (Å²) in [5.74, 6) is -1.91. The molecule has 0 saturated carbocycles. The molecule has 1 aliphatic heterocycles. The van der Waals surface area contributed by atoms with Crippen molar-refractivity contribution in [3.63, 3.8) is 0 Å². The predicted molar refractivity (Wildman–Crippen MR) is 88.9 cm³/mol. The summed E-state index contributed by atoms with van der Waals surface area (Å²) < 4.78 is 36.5. The summed E-state index contributed by atoms with van der Waals surface area (Å²) >= 11 is 0. The fourth-order valence-corrected chi connectivity index (χ4v) is 3.12. The van der Waals surface area contributed by atoms with Gasteiger partial charge < -0.3 is 14.4 Å². The standard InChI is InChI=1S/C16H20N2O6S/c1-2-24-16(20)14(12-18-8-10-23-11-9-18)15(19)17-25(21,22)13-6-4-3-5-7-13/h3-7,12H,2,8-11H2,1H3,(H,17,19)/b14-12+. The van der Waals surface area contributed by atoms with Crippen LogP contribution >= 0.6 is 0 Å². The fraction of sp³-hybridized carbons (Fsp3) is 0.375. The lowest BCUT2D eigenvalue weighted by Crippen LogP contribution is -2.37. The Morgan fingerprint density at radius 1 is 1.24 bits per heavy atom. The summed E-state index contributed by atoms with van der Waals surface area (Å²) in [6.45, 7) is 3.55. The van der Waals surface area contributed by atoms with Crippen LogP contribution in [0.4, 0.5) is 0 Å². The lowest BCUT2D eigenvalue weighted by Gasteiger charge is -2.25. The molecule has 0 spiro atoms. The fourth-order valence-electron chi connectivity index (χ4n) is 2.14. The number of carbonyl (C=O) groups is 2. The van der Waals surface area contributed by atoms with Crippen LogP contribution in [0.2, 0.25) is 0 Å². The normalized spacial score (nSPS) is 15.6. The van der Waals surface area contributed by atoms with E-state index in [-0.39, 0.29) is 17.1 Å². The highest BCUT2D eigenvalue weighted by molar-refractivity contribution is 7.90. The summed E-state index contributed by atoms with van der Waals surface area (Å²) in [4.78, 5) is 26.1. The van der Waals surface area contributed by atoms with Crippen molar-refractivity contribution in [1.82, 2.24) is 9.62 Å². The first kappa shape index (κ1) is 18.9. The van der Waals surface area contributed by atoms with Gasteiger partial charge in [0.05, 0.1) is 24.7 Å². The number of hydrogen-bond donors (Lipinski definition) is 1. The van der Waals surface area contributed by atoms with Crippen molar-refractivity contribution in [2.75, 3.05) is 32.9 Å². The molecule has 1 N–H and O–H groups in total. The van der Waals surface area contributed by atoms with E-state index in [1.165, 1.54) is 30.5 Å². The Kier molecular flexibility index (Phi) is 6.54. The van der Waals surface area contributed by atoms with E-state index in [2.05, 4.69) is 0 Å². The predicted octanol–water partition coefficient (Wildman–Crippen LogP) is 0.271. The van der Waals surface area contributed by atoms with Gasteiger partial charge in [0.1, 0.15) is 5.57 Å². The van der Waals surface area contributed by atoms with Crippen LogP contribution in [0.5, 0.6) is 0 Å². The first-order chi connectivity index (χ1) is 11.9. The maximum atomic E-state index is 12.4. The Morgan fingerprint density at radius 3 is 2.48 bits per heavy atom. The van der Waals surface area contributed by atoms with Crippen LogP contribution in [-0.2, 0) is 29.1 Å². The third-order valence-corrected chi connectivity index (χ3v) is 4.72. The molecule has 0 unspecified atom stereocenters. The van der Waals surface area contributed by atoms with Crippen LogP contribution in [0.15, 0.2) is 47.0 Å². The Balaban J connectivity index is 2.22. The van der Waals surface area contributed by atoms with Gasteiger partial charge in [0.2, 0.25) is 0 Å². The molecule has 0 bridgehead atoms. The number of amides is 1. The molecule has 1 fully saturated rings. The highest BCUT2D eigenvalue weighted by atomic mass is 32.2. The van der Waals surface area contributed by atoms with E-state index in [1.54, 1.807) is 17.9 Å². The molecule has 0 aliphatic carbocycles.